The van der Waals surface area contributed by atoms with E-state index in [0.717, 1.165) is 22.3 Å². The van der Waals surface area contributed by atoms with Gasteiger partial charge in [0.05, 0.1) is 12.8 Å². The van der Waals surface area contributed by atoms with Crippen LogP contribution in [0.4, 0.5) is 0 Å². The molecule has 0 amide bonds. The van der Waals surface area contributed by atoms with Crippen molar-refractivity contribution in [3.63, 3.8) is 0 Å². The first-order chi connectivity index (χ1) is 6.22. The van der Waals surface area contributed by atoms with E-state index >= 15 is 0 Å². The minimum atomic E-state index is 0.300. The number of hydrogen-bond acceptors (Lipinski definition) is 2. The molecule has 0 aliphatic heterocycles. The molecule has 0 aliphatic carbocycles. The first-order valence-electron chi connectivity index (χ1n) is 4.07. The van der Waals surface area contributed by atoms with Gasteiger partial charge in [-0.2, -0.15) is 0 Å². The summed E-state index contributed by atoms with van der Waals surface area (Å²) in [4.78, 5) is 3.07. The smallest absolute Gasteiger partial charge is 0.143 e. The number of ether oxygens (including phenoxy) is 1. The maximum absolute atomic E-state index is 9.63. The summed E-state index contributed by atoms with van der Waals surface area (Å²) < 4.78 is 5.06. The standard InChI is InChI=1S/C10H11NO2/c1-6-10(12)8-5-7(13-2)3-4-9(8)11-6/h3-5,11-12H,1-2H3. The van der Waals surface area contributed by atoms with Gasteiger partial charge in [-0.25, -0.2) is 0 Å². The van der Waals surface area contributed by atoms with Crippen LogP contribution >= 0.6 is 0 Å². The molecule has 0 aliphatic rings. The lowest BCUT2D eigenvalue weighted by Gasteiger charge is -1.98. The van der Waals surface area contributed by atoms with E-state index in [0.29, 0.717) is 5.75 Å². The number of fused-ring (bicyclic) bond motifs is 1. The number of aryl methyl sites for hydroxylation is 1. The summed E-state index contributed by atoms with van der Waals surface area (Å²) in [6.07, 6.45) is 0. The maximum Gasteiger partial charge on any atom is 0.143 e. The lowest BCUT2D eigenvalue weighted by Crippen LogP contribution is -1.80. The molecule has 0 bridgehead atoms. The fourth-order valence-electron chi connectivity index (χ4n) is 1.42. The van der Waals surface area contributed by atoms with Crippen LogP contribution in [0.5, 0.6) is 11.5 Å². The van der Waals surface area contributed by atoms with Gasteiger partial charge >= 0.3 is 0 Å². The zero-order valence-corrected chi connectivity index (χ0v) is 7.59. The number of benzene rings is 1. The van der Waals surface area contributed by atoms with Gasteiger partial charge < -0.3 is 14.8 Å². The van der Waals surface area contributed by atoms with E-state index in [2.05, 4.69) is 4.98 Å². The molecule has 3 nitrogen and oxygen atoms in total. The predicted octanol–water partition coefficient (Wildman–Crippen LogP) is 2.19. The average Bonchev–Trinajstić information content (AvgIpc) is 2.43. The summed E-state index contributed by atoms with van der Waals surface area (Å²) in [5.74, 6) is 1.05. The van der Waals surface area contributed by atoms with E-state index in [4.69, 9.17) is 4.74 Å². The molecule has 0 spiro atoms. The number of H-pyrrole nitrogens is 1. The highest BCUT2D eigenvalue weighted by atomic mass is 16.5. The highest BCUT2D eigenvalue weighted by molar-refractivity contribution is 5.88. The Morgan fingerprint density at radius 3 is 2.85 bits per heavy atom. The normalized spacial score (nSPS) is 10.6. The Morgan fingerprint density at radius 1 is 1.38 bits per heavy atom. The Kier molecular flexibility index (Phi) is 1.65. The van der Waals surface area contributed by atoms with Gasteiger partial charge in [-0.1, -0.05) is 0 Å². The topological polar surface area (TPSA) is 45.2 Å². The van der Waals surface area contributed by atoms with Crippen LogP contribution in [0.2, 0.25) is 0 Å². The van der Waals surface area contributed by atoms with Crippen LogP contribution in [-0.2, 0) is 0 Å². The van der Waals surface area contributed by atoms with Crippen LogP contribution in [-0.4, -0.2) is 17.2 Å². The minimum absolute atomic E-state index is 0.300. The van der Waals surface area contributed by atoms with Gasteiger partial charge in [-0.15, -0.1) is 0 Å². The zero-order valence-electron chi connectivity index (χ0n) is 7.59. The van der Waals surface area contributed by atoms with Gasteiger partial charge in [0.2, 0.25) is 0 Å². The minimum Gasteiger partial charge on any atom is -0.505 e. The molecule has 1 aromatic heterocycles. The van der Waals surface area contributed by atoms with E-state index in [9.17, 15) is 5.11 Å². The number of rotatable bonds is 1. The molecule has 2 rings (SSSR count). The van der Waals surface area contributed by atoms with E-state index in [1.54, 1.807) is 7.11 Å². The van der Waals surface area contributed by atoms with Gasteiger partial charge in [0.1, 0.15) is 11.5 Å². The Labute approximate surface area is 76.0 Å². The molecule has 2 N–H and O–H groups in total. The molecule has 13 heavy (non-hydrogen) atoms. The van der Waals surface area contributed by atoms with Gasteiger partial charge in [0.25, 0.3) is 0 Å². The highest BCUT2D eigenvalue weighted by Crippen LogP contribution is 2.30. The maximum atomic E-state index is 9.63. The van der Waals surface area contributed by atoms with Crippen molar-refractivity contribution in [2.24, 2.45) is 0 Å². The van der Waals surface area contributed by atoms with Gasteiger partial charge in [0.15, 0.2) is 0 Å². The van der Waals surface area contributed by atoms with Crippen molar-refractivity contribution in [2.45, 2.75) is 6.92 Å². The Morgan fingerprint density at radius 2 is 2.15 bits per heavy atom. The van der Waals surface area contributed by atoms with E-state index in [1.807, 2.05) is 25.1 Å². The summed E-state index contributed by atoms with van der Waals surface area (Å²) in [5.41, 5.74) is 1.71. The third-order valence-corrected chi connectivity index (χ3v) is 2.16. The fraction of sp³-hybridized carbons (Fsp3) is 0.200. The zero-order chi connectivity index (χ0) is 9.42. The first-order valence-corrected chi connectivity index (χ1v) is 4.07. The van der Waals surface area contributed by atoms with E-state index in [1.165, 1.54) is 0 Å². The monoisotopic (exact) mass is 177 g/mol. The summed E-state index contributed by atoms with van der Waals surface area (Å²) in [5, 5.41) is 10.4. The number of aromatic amines is 1. The summed E-state index contributed by atoms with van der Waals surface area (Å²) in [7, 11) is 1.61. The average molecular weight is 177 g/mol. The van der Waals surface area contributed by atoms with Crippen molar-refractivity contribution in [2.75, 3.05) is 7.11 Å². The Hall–Kier alpha value is -1.64. The third kappa shape index (κ3) is 1.13. The first kappa shape index (κ1) is 7.98. The van der Waals surface area contributed by atoms with Crippen molar-refractivity contribution in [1.29, 1.82) is 0 Å². The van der Waals surface area contributed by atoms with E-state index in [-0.39, 0.29) is 0 Å². The molecular weight excluding hydrogens is 166 g/mol. The van der Waals surface area contributed by atoms with Crippen molar-refractivity contribution in [3.8, 4) is 11.5 Å². The van der Waals surface area contributed by atoms with Gasteiger partial charge in [0, 0.05) is 10.9 Å². The Balaban J connectivity index is 2.75. The molecule has 68 valence electrons. The van der Waals surface area contributed by atoms with Crippen molar-refractivity contribution in [3.05, 3.63) is 23.9 Å². The number of aromatic nitrogens is 1. The van der Waals surface area contributed by atoms with Crippen LogP contribution in [0.15, 0.2) is 18.2 Å². The number of nitrogens with one attached hydrogen (secondary N) is 1. The number of methoxy groups -OCH3 is 1. The summed E-state index contributed by atoms with van der Waals surface area (Å²) >= 11 is 0. The van der Waals surface area contributed by atoms with Crippen molar-refractivity contribution < 1.29 is 9.84 Å². The SMILES string of the molecule is COc1ccc2[nH]c(C)c(O)c2c1. The lowest BCUT2D eigenvalue weighted by atomic mass is 10.2. The van der Waals surface area contributed by atoms with Crippen LogP contribution in [0.1, 0.15) is 5.69 Å². The molecular formula is C10H11NO2. The molecule has 0 radical (unpaired) electrons. The second kappa shape index (κ2) is 2.69. The molecule has 0 saturated heterocycles. The molecule has 1 aromatic carbocycles. The predicted molar refractivity (Wildman–Crippen MR) is 51.3 cm³/mol. The van der Waals surface area contributed by atoms with Crippen molar-refractivity contribution in [1.82, 2.24) is 4.98 Å². The number of aromatic hydroxyl groups is 1. The van der Waals surface area contributed by atoms with Crippen LogP contribution in [0.3, 0.4) is 0 Å². The number of hydrogen-bond donors (Lipinski definition) is 2. The van der Waals surface area contributed by atoms with Gasteiger partial charge in [-0.05, 0) is 25.1 Å². The third-order valence-electron chi connectivity index (χ3n) is 2.16. The largest absolute Gasteiger partial charge is 0.505 e. The van der Waals surface area contributed by atoms with Crippen LogP contribution in [0, 0.1) is 6.92 Å². The fourth-order valence-corrected chi connectivity index (χ4v) is 1.42. The van der Waals surface area contributed by atoms with Crippen LogP contribution in [0.25, 0.3) is 10.9 Å². The summed E-state index contributed by atoms with van der Waals surface area (Å²) in [6.45, 7) is 1.84. The molecule has 0 fully saturated rings. The molecule has 2 aromatic rings. The quantitative estimate of drug-likeness (QED) is 0.701. The molecule has 3 heteroatoms. The van der Waals surface area contributed by atoms with Crippen molar-refractivity contribution >= 4 is 10.9 Å². The molecule has 1 heterocycles. The molecule has 0 unspecified atom stereocenters. The van der Waals surface area contributed by atoms with Crippen LogP contribution < -0.4 is 4.74 Å². The van der Waals surface area contributed by atoms with E-state index < -0.39 is 0 Å². The molecule has 0 atom stereocenters. The summed E-state index contributed by atoms with van der Waals surface area (Å²) in [6, 6.07) is 5.56. The van der Waals surface area contributed by atoms with Gasteiger partial charge in [-0.3, -0.25) is 0 Å². The second-order valence-electron chi connectivity index (χ2n) is 3.01. The second-order valence-corrected chi connectivity index (χ2v) is 3.01. The Bertz CT molecular complexity index is 445. The highest BCUT2D eigenvalue weighted by Gasteiger charge is 2.06. The molecule has 0 saturated carbocycles. The lowest BCUT2D eigenvalue weighted by molar-refractivity contribution is 0.415.